The third-order valence-electron chi connectivity index (χ3n) is 6.76. The molecule has 1 amide bonds. The molecule has 6 nitrogen and oxygen atoms in total. The molecule has 1 aromatic heterocycles. The first-order valence-electron chi connectivity index (χ1n) is 11.5. The molecule has 1 aliphatic heterocycles. The molecule has 1 unspecified atom stereocenters. The van der Waals surface area contributed by atoms with Crippen LogP contribution in [0.15, 0.2) is 23.4 Å². The minimum atomic E-state index is -4.80. The molecule has 3 aliphatic rings. The first kappa shape index (κ1) is 25.4. The van der Waals surface area contributed by atoms with E-state index in [0.29, 0.717) is 48.5 Å². The zero-order valence-corrected chi connectivity index (χ0v) is 21.2. The molecule has 36 heavy (non-hydrogen) atoms. The molecular weight excluding hydrogens is 540 g/mol. The molecular formula is C24H21Cl2F3N2O4S. The Morgan fingerprint density at radius 3 is 2.44 bits per heavy atom. The molecule has 2 aromatic rings. The second kappa shape index (κ2) is 9.54. The topological polar surface area (TPSA) is 77.0 Å². The average Bonchev–Trinajstić information content (AvgIpc) is 3.51. The third-order valence-corrected chi connectivity index (χ3v) is 8.40. The average molecular weight is 561 g/mol. The van der Waals surface area contributed by atoms with Crippen molar-refractivity contribution in [2.45, 2.75) is 69.2 Å². The number of nitrogens with zero attached hydrogens (tertiary/aromatic N) is 1. The summed E-state index contributed by atoms with van der Waals surface area (Å²) in [6.07, 6.45) is -1.98. The van der Waals surface area contributed by atoms with Crippen LogP contribution >= 0.6 is 34.5 Å². The molecule has 192 valence electrons. The lowest BCUT2D eigenvalue weighted by molar-refractivity contribution is -0.275. The van der Waals surface area contributed by atoms with Gasteiger partial charge >= 0.3 is 12.3 Å². The highest BCUT2D eigenvalue weighted by atomic mass is 35.5. The van der Waals surface area contributed by atoms with Crippen LogP contribution in [0, 0.1) is 0 Å². The Morgan fingerprint density at radius 1 is 1.11 bits per heavy atom. The van der Waals surface area contributed by atoms with Gasteiger partial charge < -0.3 is 14.9 Å². The lowest BCUT2D eigenvalue weighted by atomic mass is 9.87. The lowest BCUT2D eigenvalue weighted by Crippen LogP contribution is -2.42. The second-order valence-electron chi connectivity index (χ2n) is 9.17. The quantitative estimate of drug-likeness (QED) is 0.450. The van der Waals surface area contributed by atoms with Gasteiger partial charge in [-0.15, -0.1) is 0 Å². The highest BCUT2D eigenvalue weighted by Gasteiger charge is 2.62. The van der Waals surface area contributed by atoms with Gasteiger partial charge in [0.05, 0.1) is 11.3 Å². The summed E-state index contributed by atoms with van der Waals surface area (Å²) in [5.41, 5.74) is -1.20. The molecule has 1 saturated carbocycles. The lowest BCUT2D eigenvalue weighted by Gasteiger charge is -2.29. The summed E-state index contributed by atoms with van der Waals surface area (Å²) in [5, 5.41) is 7.11. The number of hydrogen-bond donors (Lipinski definition) is 1. The first-order valence-corrected chi connectivity index (χ1v) is 13.1. The van der Waals surface area contributed by atoms with Gasteiger partial charge in [0.15, 0.2) is 5.06 Å². The summed E-state index contributed by atoms with van der Waals surface area (Å²) in [5.74, 6) is 0.177. The summed E-state index contributed by atoms with van der Waals surface area (Å²) in [6, 6.07) is 3.55. The fourth-order valence-electron chi connectivity index (χ4n) is 4.93. The number of oxime groups is 1. The predicted octanol–water partition coefficient (Wildman–Crippen LogP) is 6.73. The number of ketones is 1. The standard InChI is InChI=1S/C24H21Cl2F3N2O4S/c25-13-8-12(9-14(26)10-13)23(24(27,28)29)11-19(31-35-23)20-17-2-1-3-18(17)21(36-20)34-22(33)30-15-4-6-16(32)7-5-15/h8-10,15H,1-7,11H2,(H,30,33). The van der Waals surface area contributed by atoms with Gasteiger partial charge in [-0.1, -0.05) is 39.7 Å². The minimum absolute atomic E-state index is 0.0548. The summed E-state index contributed by atoms with van der Waals surface area (Å²) in [4.78, 5) is 29.6. The third kappa shape index (κ3) is 4.70. The number of thiophene rings is 1. The first-order chi connectivity index (χ1) is 17.1. The van der Waals surface area contributed by atoms with Crippen LogP contribution in [0.3, 0.4) is 0 Å². The molecule has 12 heteroatoms. The number of hydrogen-bond acceptors (Lipinski definition) is 6. The van der Waals surface area contributed by atoms with Crippen LogP contribution in [-0.4, -0.2) is 29.8 Å². The Morgan fingerprint density at radius 2 is 1.78 bits per heavy atom. The van der Waals surface area contributed by atoms with Crippen molar-refractivity contribution in [1.82, 2.24) is 5.32 Å². The van der Waals surface area contributed by atoms with Gasteiger partial charge in [-0.25, -0.2) is 4.79 Å². The van der Waals surface area contributed by atoms with Crippen LogP contribution in [0.25, 0.3) is 0 Å². The number of nitrogens with one attached hydrogen (secondary N) is 1. The number of alkyl halides is 3. The van der Waals surface area contributed by atoms with Gasteiger partial charge in [-0.05, 0) is 55.9 Å². The van der Waals surface area contributed by atoms with Crippen molar-refractivity contribution in [3.05, 3.63) is 49.8 Å². The van der Waals surface area contributed by atoms with Crippen molar-refractivity contribution in [2.75, 3.05) is 0 Å². The van der Waals surface area contributed by atoms with Crippen molar-refractivity contribution in [3.8, 4) is 5.06 Å². The highest BCUT2D eigenvalue weighted by Crippen LogP contribution is 2.52. The summed E-state index contributed by atoms with van der Waals surface area (Å²) >= 11 is 13.1. The Labute approximate surface area is 218 Å². The van der Waals surface area contributed by atoms with Gasteiger partial charge in [-0.2, -0.15) is 13.2 Å². The number of carbonyl (C=O) groups is 2. The van der Waals surface area contributed by atoms with E-state index in [0.717, 1.165) is 28.9 Å². The van der Waals surface area contributed by atoms with E-state index in [1.54, 1.807) is 0 Å². The van der Waals surface area contributed by atoms with E-state index in [-0.39, 0.29) is 33.1 Å². The smallest absolute Gasteiger partial charge is 0.399 e. The van der Waals surface area contributed by atoms with E-state index in [9.17, 15) is 22.8 Å². The Bertz CT molecular complexity index is 1230. The monoisotopic (exact) mass is 560 g/mol. The van der Waals surface area contributed by atoms with Crippen LogP contribution in [0.2, 0.25) is 10.0 Å². The SMILES string of the molecule is O=C1CCC(NC(=O)Oc2sc(C3=NOC(c4cc(Cl)cc(Cl)c4)(C(F)(F)F)C3)c3c2CCC3)CC1. The minimum Gasteiger partial charge on any atom is -0.399 e. The molecule has 1 aromatic carbocycles. The fraction of sp³-hybridized carbons (Fsp3) is 0.458. The van der Waals surface area contributed by atoms with Crippen LogP contribution in [0.5, 0.6) is 5.06 Å². The number of ether oxygens (including phenoxy) is 1. The molecule has 0 saturated heterocycles. The number of benzene rings is 1. The number of Topliss-reactive ketones (excluding diaryl/α,β-unsaturated/α-hetero) is 1. The molecule has 0 radical (unpaired) electrons. The number of rotatable bonds is 4. The number of fused-ring (bicyclic) bond motifs is 1. The number of carbonyl (C=O) groups excluding carboxylic acids is 2. The molecule has 2 heterocycles. The van der Waals surface area contributed by atoms with Crippen molar-refractivity contribution in [1.29, 1.82) is 0 Å². The van der Waals surface area contributed by atoms with Gasteiger partial charge in [-0.3, -0.25) is 4.79 Å². The summed E-state index contributed by atoms with van der Waals surface area (Å²) in [6.45, 7) is 0. The largest absolute Gasteiger partial charge is 0.435 e. The normalized spacial score (nSPS) is 22.2. The molecule has 1 atom stereocenters. The predicted molar refractivity (Wildman–Crippen MR) is 129 cm³/mol. The van der Waals surface area contributed by atoms with Crippen LogP contribution in [0.1, 0.15) is 60.1 Å². The Hall–Kier alpha value is -2.30. The van der Waals surface area contributed by atoms with E-state index in [1.807, 2.05) is 0 Å². The summed E-state index contributed by atoms with van der Waals surface area (Å²) in [7, 11) is 0. The van der Waals surface area contributed by atoms with E-state index < -0.39 is 24.3 Å². The van der Waals surface area contributed by atoms with Crippen molar-refractivity contribution >= 4 is 52.1 Å². The maximum absolute atomic E-state index is 14.4. The van der Waals surface area contributed by atoms with Crippen molar-refractivity contribution < 1.29 is 32.3 Å². The Balaban J connectivity index is 1.39. The zero-order valence-electron chi connectivity index (χ0n) is 18.8. The van der Waals surface area contributed by atoms with E-state index in [2.05, 4.69) is 10.5 Å². The van der Waals surface area contributed by atoms with Gasteiger partial charge in [0.25, 0.3) is 5.60 Å². The van der Waals surface area contributed by atoms with Gasteiger partial charge in [0.1, 0.15) is 11.5 Å². The number of halogens is 5. The summed E-state index contributed by atoms with van der Waals surface area (Å²) < 4.78 is 48.7. The van der Waals surface area contributed by atoms with Crippen molar-refractivity contribution in [3.63, 3.8) is 0 Å². The maximum Gasteiger partial charge on any atom is 0.435 e. The molecule has 0 bridgehead atoms. The maximum atomic E-state index is 14.4. The van der Waals surface area contributed by atoms with E-state index in [1.165, 1.54) is 18.2 Å². The fourth-order valence-corrected chi connectivity index (χ4v) is 6.68. The van der Waals surface area contributed by atoms with Crippen LogP contribution < -0.4 is 10.1 Å². The molecule has 1 fully saturated rings. The van der Waals surface area contributed by atoms with Crippen LogP contribution in [-0.2, 0) is 28.1 Å². The molecule has 1 N–H and O–H groups in total. The number of amides is 1. The Kier molecular flexibility index (Phi) is 6.72. The van der Waals surface area contributed by atoms with Gasteiger partial charge in [0.2, 0.25) is 0 Å². The second-order valence-corrected chi connectivity index (χ2v) is 11.0. The van der Waals surface area contributed by atoms with Crippen molar-refractivity contribution in [2.24, 2.45) is 5.16 Å². The van der Waals surface area contributed by atoms with E-state index >= 15 is 0 Å². The molecule has 2 aliphatic carbocycles. The molecule has 0 spiro atoms. The van der Waals surface area contributed by atoms with Crippen LogP contribution in [0.4, 0.5) is 18.0 Å². The molecule has 5 rings (SSSR count). The van der Waals surface area contributed by atoms with Gasteiger partial charge in [0, 0.05) is 40.1 Å². The highest BCUT2D eigenvalue weighted by molar-refractivity contribution is 7.16. The van der Waals surface area contributed by atoms with E-state index in [4.69, 9.17) is 32.8 Å². The zero-order chi connectivity index (χ0) is 25.7.